The van der Waals surface area contributed by atoms with Crippen molar-refractivity contribution in [2.24, 2.45) is 0 Å². The molecule has 0 aromatic heterocycles. The van der Waals surface area contributed by atoms with Crippen LogP contribution in [0.4, 0.5) is 18.9 Å². The van der Waals surface area contributed by atoms with Gasteiger partial charge in [0.15, 0.2) is 0 Å². The van der Waals surface area contributed by atoms with Crippen LogP contribution in [0.25, 0.3) is 0 Å². The van der Waals surface area contributed by atoms with Gasteiger partial charge in [-0.1, -0.05) is 18.2 Å². The number of hydrogen-bond donors (Lipinski definition) is 2. The second-order valence-electron chi connectivity index (χ2n) is 5.43. The summed E-state index contributed by atoms with van der Waals surface area (Å²) in [6.07, 6.45) is -3.30. The number of halogens is 3. The summed E-state index contributed by atoms with van der Waals surface area (Å²) < 4.78 is 43.2. The van der Waals surface area contributed by atoms with Crippen molar-refractivity contribution in [3.05, 3.63) is 71.4 Å². The summed E-state index contributed by atoms with van der Waals surface area (Å²) in [4.78, 5) is 12.1. The molecule has 0 aliphatic heterocycles. The average molecular weight is 375 g/mol. The highest BCUT2D eigenvalue weighted by atomic mass is 19.4. The van der Waals surface area contributed by atoms with Gasteiger partial charge in [0.1, 0.15) is 17.4 Å². The van der Waals surface area contributed by atoms with E-state index in [1.807, 2.05) is 12.1 Å². The first-order valence-electron chi connectivity index (χ1n) is 7.78. The minimum atomic E-state index is -4.52. The lowest BCUT2D eigenvalue weighted by molar-refractivity contribution is -0.137. The smallest absolute Gasteiger partial charge is 0.416 e. The lowest BCUT2D eigenvalue weighted by Crippen LogP contribution is -2.17. The Hall–Kier alpha value is -3.47. The molecule has 0 unspecified atom stereocenters. The predicted molar refractivity (Wildman–Crippen MR) is 93.6 cm³/mol. The van der Waals surface area contributed by atoms with Gasteiger partial charge in [0, 0.05) is 18.4 Å². The molecule has 5 nitrogen and oxygen atoms in total. The molecule has 0 radical (unpaired) electrons. The highest BCUT2D eigenvalue weighted by molar-refractivity contribution is 6.06. The Morgan fingerprint density at radius 1 is 1.22 bits per heavy atom. The minimum absolute atomic E-state index is 0.0499. The van der Waals surface area contributed by atoms with Crippen molar-refractivity contribution in [2.75, 3.05) is 12.4 Å². The molecule has 2 rings (SSSR count). The second kappa shape index (κ2) is 8.76. The van der Waals surface area contributed by atoms with Crippen LogP contribution in [0.1, 0.15) is 11.1 Å². The zero-order chi connectivity index (χ0) is 19.9. The number of nitriles is 1. The maximum Gasteiger partial charge on any atom is 0.416 e. The Morgan fingerprint density at radius 2 is 1.93 bits per heavy atom. The molecule has 0 saturated carbocycles. The van der Waals surface area contributed by atoms with Gasteiger partial charge in [-0.25, -0.2) is 0 Å². The van der Waals surface area contributed by atoms with Crippen LogP contribution < -0.4 is 15.4 Å². The van der Waals surface area contributed by atoms with E-state index < -0.39 is 17.6 Å². The maximum atomic E-state index is 12.7. The number of nitrogens with zero attached hydrogens (tertiary/aromatic N) is 1. The van der Waals surface area contributed by atoms with Crippen molar-refractivity contribution < 1.29 is 22.7 Å². The SMILES string of the molecule is COc1ccc(CN/C=C(/C#N)C(=O)Nc2cccc(C(F)(F)F)c2)cc1. The van der Waals surface area contributed by atoms with Crippen molar-refractivity contribution in [3.8, 4) is 11.8 Å². The average Bonchev–Trinajstić information content (AvgIpc) is 2.65. The number of nitrogens with one attached hydrogen (secondary N) is 2. The molecule has 0 aliphatic rings. The Bertz CT molecular complexity index is 869. The molecular formula is C19H16F3N3O2. The fraction of sp³-hybridized carbons (Fsp3) is 0.158. The maximum absolute atomic E-state index is 12.7. The number of benzene rings is 2. The zero-order valence-electron chi connectivity index (χ0n) is 14.3. The number of ether oxygens (including phenoxy) is 1. The quantitative estimate of drug-likeness (QED) is 0.594. The molecule has 0 spiro atoms. The highest BCUT2D eigenvalue weighted by Crippen LogP contribution is 2.30. The molecule has 0 heterocycles. The van der Waals surface area contributed by atoms with Crippen molar-refractivity contribution in [1.29, 1.82) is 5.26 Å². The summed E-state index contributed by atoms with van der Waals surface area (Å²) in [6.45, 7) is 0.353. The largest absolute Gasteiger partial charge is 0.497 e. The number of alkyl halides is 3. The van der Waals surface area contributed by atoms with Crippen LogP contribution in [0, 0.1) is 11.3 Å². The summed E-state index contributed by atoms with van der Waals surface area (Å²) in [7, 11) is 1.55. The van der Waals surface area contributed by atoms with E-state index in [9.17, 15) is 18.0 Å². The van der Waals surface area contributed by atoms with E-state index in [0.29, 0.717) is 12.3 Å². The first-order valence-corrected chi connectivity index (χ1v) is 7.78. The van der Waals surface area contributed by atoms with Crippen molar-refractivity contribution in [3.63, 3.8) is 0 Å². The van der Waals surface area contributed by atoms with Crippen molar-refractivity contribution in [1.82, 2.24) is 5.32 Å². The van der Waals surface area contributed by atoms with E-state index in [4.69, 9.17) is 10.00 Å². The molecule has 27 heavy (non-hydrogen) atoms. The van der Waals surface area contributed by atoms with Gasteiger partial charge in [-0.15, -0.1) is 0 Å². The fourth-order valence-electron chi connectivity index (χ4n) is 2.13. The molecule has 140 valence electrons. The van der Waals surface area contributed by atoms with E-state index in [1.54, 1.807) is 25.3 Å². The van der Waals surface area contributed by atoms with Crippen LogP contribution in [0.2, 0.25) is 0 Å². The van der Waals surface area contributed by atoms with Gasteiger partial charge in [0.05, 0.1) is 12.7 Å². The number of anilines is 1. The summed E-state index contributed by atoms with van der Waals surface area (Å²) in [5, 5.41) is 14.2. The van der Waals surface area contributed by atoms with E-state index in [0.717, 1.165) is 17.7 Å². The molecule has 0 fully saturated rings. The molecule has 2 aromatic carbocycles. The normalized spacial score (nSPS) is 11.4. The molecule has 8 heteroatoms. The standard InChI is InChI=1S/C19H16F3N3O2/c1-27-17-7-5-13(6-8-17)11-24-12-14(10-23)18(26)25-16-4-2-3-15(9-16)19(20,21)22/h2-9,12,24H,11H2,1H3,(H,25,26)/b14-12-. The van der Waals surface area contributed by atoms with Crippen LogP contribution >= 0.6 is 0 Å². The summed E-state index contributed by atoms with van der Waals surface area (Å²) in [6, 6.07) is 13.1. The van der Waals surface area contributed by atoms with E-state index in [1.165, 1.54) is 18.3 Å². The van der Waals surface area contributed by atoms with Gasteiger partial charge in [0.25, 0.3) is 5.91 Å². The Labute approximate surface area is 154 Å². The molecule has 2 aromatic rings. The number of rotatable bonds is 6. The van der Waals surface area contributed by atoms with Crippen molar-refractivity contribution >= 4 is 11.6 Å². The number of carbonyl (C=O) groups is 1. The monoisotopic (exact) mass is 375 g/mol. The third-order valence-electron chi connectivity index (χ3n) is 3.52. The highest BCUT2D eigenvalue weighted by Gasteiger charge is 2.30. The van der Waals surface area contributed by atoms with Gasteiger partial charge in [0.2, 0.25) is 0 Å². The Morgan fingerprint density at radius 3 is 2.52 bits per heavy atom. The predicted octanol–water partition coefficient (Wildman–Crippen LogP) is 3.85. The van der Waals surface area contributed by atoms with E-state index >= 15 is 0 Å². The summed E-state index contributed by atoms with van der Waals surface area (Å²) in [5.74, 6) is -0.105. The van der Waals surface area contributed by atoms with Gasteiger partial charge in [-0.3, -0.25) is 4.79 Å². The molecule has 0 aliphatic carbocycles. The number of methoxy groups -OCH3 is 1. The summed E-state index contributed by atoms with van der Waals surface area (Å²) >= 11 is 0. The Kier molecular flexibility index (Phi) is 6.44. The van der Waals surface area contributed by atoms with Crippen molar-refractivity contribution in [2.45, 2.75) is 12.7 Å². The first-order chi connectivity index (χ1) is 12.8. The third kappa shape index (κ3) is 5.78. The van der Waals surface area contributed by atoms with E-state index in [-0.39, 0.29) is 11.3 Å². The molecule has 0 atom stereocenters. The van der Waals surface area contributed by atoms with Crippen LogP contribution in [0.15, 0.2) is 60.3 Å². The molecular weight excluding hydrogens is 359 g/mol. The number of hydrogen-bond acceptors (Lipinski definition) is 4. The topological polar surface area (TPSA) is 74.1 Å². The molecule has 0 saturated heterocycles. The third-order valence-corrected chi connectivity index (χ3v) is 3.52. The molecule has 0 bridgehead atoms. The first kappa shape index (κ1) is 19.8. The lowest BCUT2D eigenvalue weighted by atomic mass is 10.2. The van der Waals surface area contributed by atoms with Crippen LogP contribution in [0.5, 0.6) is 5.75 Å². The van der Waals surface area contributed by atoms with Crippen LogP contribution in [-0.4, -0.2) is 13.0 Å². The second-order valence-corrected chi connectivity index (χ2v) is 5.43. The minimum Gasteiger partial charge on any atom is -0.497 e. The van der Waals surface area contributed by atoms with Gasteiger partial charge in [-0.05, 0) is 35.9 Å². The van der Waals surface area contributed by atoms with E-state index in [2.05, 4.69) is 10.6 Å². The van der Waals surface area contributed by atoms with Crippen LogP contribution in [0.3, 0.4) is 0 Å². The number of carbonyl (C=O) groups excluding carboxylic acids is 1. The lowest BCUT2D eigenvalue weighted by Gasteiger charge is -2.09. The van der Waals surface area contributed by atoms with Crippen LogP contribution in [-0.2, 0) is 17.5 Å². The van der Waals surface area contributed by atoms with Gasteiger partial charge < -0.3 is 15.4 Å². The number of amides is 1. The zero-order valence-corrected chi connectivity index (χ0v) is 14.3. The molecule has 1 amide bonds. The summed E-state index contributed by atoms with van der Waals surface area (Å²) in [5.41, 5.74) is -0.310. The molecule has 2 N–H and O–H groups in total. The van der Waals surface area contributed by atoms with Gasteiger partial charge in [-0.2, -0.15) is 18.4 Å². The fourth-order valence-corrected chi connectivity index (χ4v) is 2.13. The van der Waals surface area contributed by atoms with Gasteiger partial charge >= 0.3 is 6.18 Å². The Balaban J connectivity index is 2.00.